The molecule has 2 atom stereocenters. The molecular weight excluding hydrogens is 330 g/mol. The fourth-order valence-electron chi connectivity index (χ4n) is 4.52. The predicted molar refractivity (Wildman–Crippen MR) is 102 cm³/mol. The Labute approximate surface area is 152 Å². The molecule has 132 valence electrons. The minimum absolute atomic E-state index is 0.0844. The molecule has 4 nitrogen and oxygen atoms in total. The number of rotatable bonds is 3. The quantitative estimate of drug-likeness (QED) is 0.866. The van der Waals surface area contributed by atoms with E-state index in [9.17, 15) is 4.79 Å². The molecule has 1 heterocycles. The molecule has 2 aliphatic rings. The summed E-state index contributed by atoms with van der Waals surface area (Å²) in [5, 5.41) is 5.02. The number of hydrogen-bond acceptors (Lipinski definition) is 4. The molecular formula is C20H25N3OS. The van der Waals surface area contributed by atoms with E-state index in [1.54, 1.807) is 11.3 Å². The van der Waals surface area contributed by atoms with Crippen LogP contribution in [0.2, 0.25) is 0 Å². The minimum atomic E-state index is 0.0844. The Kier molecular flexibility index (Phi) is 4.61. The summed E-state index contributed by atoms with van der Waals surface area (Å²) in [6, 6.07) is 10.4. The largest absolute Gasteiger partial charge is 0.327 e. The van der Waals surface area contributed by atoms with Gasteiger partial charge in [0.15, 0.2) is 0 Å². The molecule has 2 aliphatic carbocycles. The summed E-state index contributed by atoms with van der Waals surface area (Å²) in [7, 11) is 0. The number of aryl methyl sites for hydroxylation is 1. The van der Waals surface area contributed by atoms with Crippen molar-refractivity contribution in [2.45, 2.75) is 45.1 Å². The van der Waals surface area contributed by atoms with Crippen LogP contribution in [0, 0.1) is 24.7 Å². The van der Waals surface area contributed by atoms with E-state index in [2.05, 4.69) is 10.3 Å². The summed E-state index contributed by atoms with van der Waals surface area (Å²) < 4.78 is 0. The molecule has 25 heavy (non-hydrogen) atoms. The average molecular weight is 356 g/mol. The van der Waals surface area contributed by atoms with Gasteiger partial charge in [-0.25, -0.2) is 4.98 Å². The van der Waals surface area contributed by atoms with E-state index in [-0.39, 0.29) is 11.8 Å². The summed E-state index contributed by atoms with van der Waals surface area (Å²) in [5.74, 6) is 1.26. The van der Waals surface area contributed by atoms with E-state index < -0.39 is 0 Å². The third kappa shape index (κ3) is 3.35. The Bertz CT molecular complexity index is 744. The van der Waals surface area contributed by atoms with Crippen molar-refractivity contribution < 1.29 is 4.79 Å². The second-order valence-corrected chi connectivity index (χ2v) is 8.67. The van der Waals surface area contributed by atoms with Crippen LogP contribution in [0.1, 0.15) is 37.1 Å². The number of nitrogens with two attached hydrogens (primary N) is 1. The van der Waals surface area contributed by atoms with Gasteiger partial charge in [-0.3, -0.25) is 4.79 Å². The fraction of sp³-hybridized carbons (Fsp3) is 0.500. The number of fused-ring (bicyclic) bond motifs is 2. The number of carbonyl (C=O) groups is 1. The van der Waals surface area contributed by atoms with Crippen molar-refractivity contribution in [3.8, 4) is 11.3 Å². The topological polar surface area (TPSA) is 68.0 Å². The Morgan fingerprint density at radius 1 is 1.20 bits per heavy atom. The molecule has 1 aromatic carbocycles. The lowest BCUT2D eigenvalue weighted by atomic mass is 9.65. The van der Waals surface area contributed by atoms with Gasteiger partial charge in [0.05, 0.1) is 5.01 Å². The number of anilines is 1. The van der Waals surface area contributed by atoms with Crippen LogP contribution in [-0.4, -0.2) is 16.9 Å². The molecule has 2 aromatic rings. The summed E-state index contributed by atoms with van der Waals surface area (Å²) in [4.78, 5) is 17.6. The Morgan fingerprint density at radius 2 is 1.88 bits per heavy atom. The van der Waals surface area contributed by atoms with E-state index >= 15 is 0 Å². The highest BCUT2D eigenvalue weighted by Gasteiger charge is 2.40. The summed E-state index contributed by atoms with van der Waals surface area (Å²) >= 11 is 1.56. The van der Waals surface area contributed by atoms with Gasteiger partial charge in [-0.1, -0.05) is 36.8 Å². The van der Waals surface area contributed by atoms with Crippen LogP contribution < -0.4 is 11.1 Å². The standard InChI is InChI=1S/C20H25N3OS/c1-12-22-18(13-6-3-2-4-7-13)20(25-12)23-19(24)16-10-14-8-5-9-15(11-16)17(14)21/h2-4,6-7,14-17H,5,8-11,21H2,1H3,(H,23,24). The van der Waals surface area contributed by atoms with Gasteiger partial charge in [0.1, 0.15) is 10.7 Å². The maximum atomic E-state index is 12.9. The third-order valence-electron chi connectivity index (χ3n) is 5.80. The van der Waals surface area contributed by atoms with E-state index in [1.165, 1.54) is 19.3 Å². The highest BCUT2D eigenvalue weighted by atomic mass is 32.1. The summed E-state index contributed by atoms with van der Waals surface area (Å²) in [6.45, 7) is 1.98. The van der Waals surface area contributed by atoms with E-state index in [1.807, 2.05) is 37.3 Å². The van der Waals surface area contributed by atoms with Crippen LogP contribution in [0.4, 0.5) is 5.00 Å². The van der Waals surface area contributed by atoms with Crippen LogP contribution in [0.3, 0.4) is 0 Å². The first kappa shape index (κ1) is 16.7. The first-order valence-electron chi connectivity index (χ1n) is 9.21. The lowest BCUT2D eigenvalue weighted by molar-refractivity contribution is -0.122. The monoisotopic (exact) mass is 355 g/mol. The lowest BCUT2D eigenvalue weighted by Gasteiger charge is -2.43. The van der Waals surface area contributed by atoms with Gasteiger partial charge in [-0.05, 0) is 44.4 Å². The van der Waals surface area contributed by atoms with Crippen molar-refractivity contribution in [2.75, 3.05) is 5.32 Å². The Hall–Kier alpha value is -1.72. The first-order valence-corrected chi connectivity index (χ1v) is 10.0. The minimum Gasteiger partial charge on any atom is -0.327 e. The summed E-state index contributed by atoms with van der Waals surface area (Å²) in [6.07, 6.45) is 5.49. The number of benzene rings is 1. The molecule has 1 amide bonds. The zero-order chi connectivity index (χ0) is 17.4. The number of nitrogens with zero attached hydrogens (tertiary/aromatic N) is 1. The maximum absolute atomic E-state index is 12.9. The van der Waals surface area contributed by atoms with Gasteiger partial charge >= 0.3 is 0 Å². The number of thiazole rings is 1. The molecule has 2 bridgehead atoms. The zero-order valence-electron chi connectivity index (χ0n) is 14.6. The van der Waals surface area contributed by atoms with Crippen LogP contribution in [0.15, 0.2) is 30.3 Å². The van der Waals surface area contributed by atoms with Gasteiger partial charge < -0.3 is 11.1 Å². The molecule has 1 aromatic heterocycles. The predicted octanol–water partition coefficient (Wildman–Crippen LogP) is 4.21. The number of nitrogens with one attached hydrogen (secondary N) is 1. The van der Waals surface area contributed by atoms with Crippen LogP contribution >= 0.6 is 11.3 Å². The molecule has 0 saturated heterocycles. The van der Waals surface area contributed by atoms with Gasteiger partial charge in [0.25, 0.3) is 0 Å². The Balaban J connectivity index is 1.52. The molecule has 3 N–H and O–H groups in total. The first-order chi connectivity index (χ1) is 12.1. The Morgan fingerprint density at radius 3 is 2.56 bits per heavy atom. The van der Waals surface area contributed by atoms with Gasteiger partial charge in [0, 0.05) is 17.5 Å². The van der Waals surface area contributed by atoms with Gasteiger partial charge in [-0.15, -0.1) is 11.3 Å². The number of hydrogen-bond donors (Lipinski definition) is 2. The molecule has 2 saturated carbocycles. The van der Waals surface area contributed by atoms with Gasteiger partial charge in [-0.2, -0.15) is 0 Å². The smallest absolute Gasteiger partial charge is 0.228 e. The summed E-state index contributed by atoms with van der Waals surface area (Å²) in [5.41, 5.74) is 8.29. The molecule has 2 unspecified atom stereocenters. The van der Waals surface area contributed by atoms with E-state index in [0.717, 1.165) is 34.1 Å². The van der Waals surface area contributed by atoms with Crippen molar-refractivity contribution in [1.29, 1.82) is 0 Å². The van der Waals surface area contributed by atoms with E-state index in [0.29, 0.717) is 17.9 Å². The van der Waals surface area contributed by atoms with Crippen LogP contribution in [-0.2, 0) is 4.79 Å². The molecule has 4 rings (SSSR count). The second-order valence-electron chi connectivity index (χ2n) is 7.46. The average Bonchev–Trinajstić information content (AvgIpc) is 2.95. The van der Waals surface area contributed by atoms with Crippen molar-refractivity contribution in [2.24, 2.45) is 23.5 Å². The second kappa shape index (κ2) is 6.89. The van der Waals surface area contributed by atoms with Gasteiger partial charge in [0.2, 0.25) is 5.91 Å². The number of amides is 1. The van der Waals surface area contributed by atoms with Crippen molar-refractivity contribution in [3.63, 3.8) is 0 Å². The van der Waals surface area contributed by atoms with Crippen molar-refractivity contribution in [3.05, 3.63) is 35.3 Å². The fourth-order valence-corrected chi connectivity index (χ4v) is 5.36. The normalized spacial score (nSPS) is 28.6. The van der Waals surface area contributed by atoms with Crippen LogP contribution in [0.5, 0.6) is 0 Å². The number of carbonyl (C=O) groups excluding carboxylic acids is 1. The highest BCUT2D eigenvalue weighted by Crippen LogP contribution is 2.42. The lowest BCUT2D eigenvalue weighted by Crippen LogP contribution is -2.48. The third-order valence-corrected chi connectivity index (χ3v) is 6.69. The SMILES string of the molecule is Cc1nc(-c2ccccc2)c(NC(=O)C2CC3CCCC(C2)C3N)s1. The van der Waals surface area contributed by atoms with Crippen molar-refractivity contribution >= 4 is 22.2 Å². The zero-order valence-corrected chi connectivity index (χ0v) is 15.4. The van der Waals surface area contributed by atoms with Crippen LogP contribution in [0.25, 0.3) is 11.3 Å². The number of aromatic nitrogens is 1. The molecule has 0 aliphatic heterocycles. The highest BCUT2D eigenvalue weighted by molar-refractivity contribution is 7.16. The maximum Gasteiger partial charge on any atom is 0.228 e. The molecule has 0 radical (unpaired) electrons. The molecule has 2 fully saturated rings. The molecule has 5 heteroatoms. The van der Waals surface area contributed by atoms with Crippen molar-refractivity contribution in [1.82, 2.24) is 4.98 Å². The molecule has 0 spiro atoms. The van der Waals surface area contributed by atoms with E-state index in [4.69, 9.17) is 5.73 Å².